The molecule has 0 bridgehead atoms. The summed E-state index contributed by atoms with van der Waals surface area (Å²) >= 11 is 0. The van der Waals surface area contributed by atoms with Crippen LogP contribution in [0.15, 0.2) is 30.6 Å². The van der Waals surface area contributed by atoms with Crippen molar-refractivity contribution in [1.29, 1.82) is 0 Å². The molecule has 0 radical (unpaired) electrons. The molecule has 2 aliphatic rings. The number of amides is 1. The number of rotatable bonds is 3. The van der Waals surface area contributed by atoms with E-state index in [1.165, 1.54) is 12.1 Å². The molecule has 0 saturated heterocycles. The van der Waals surface area contributed by atoms with Crippen LogP contribution in [0.1, 0.15) is 41.1 Å². The van der Waals surface area contributed by atoms with E-state index in [1.807, 2.05) is 9.25 Å². The molecule has 0 saturated carbocycles. The third-order valence-electron chi connectivity index (χ3n) is 5.76. The molecule has 3 aromatic rings. The zero-order valence-corrected chi connectivity index (χ0v) is 15.9. The molecular weight excluding hydrogens is 376 g/mol. The zero-order valence-electron chi connectivity index (χ0n) is 15.9. The van der Waals surface area contributed by atoms with Crippen LogP contribution in [0.2, 0.25) is 0 Å². The molecule has 5 rings (SSSR count). The summed E-state index contributed by atoms with van der Waals surface area (Å²) in [6, 6.07) is 3.46. The van der Waals surface area contributed by atoms with Crippen LogP contribution in [-0.2, 0) is 25.9 Å². The minimum Gasteiger partial charge on any atom is -0.347 e. The number of carbonyl (C=O) groups is 1. The van der Waals surface area contributed by atoms with Gasteiger partial charge in [-0.3, -0.25) is 9.48 Å². The number of hydrogen-bond acceptors (Lipinski definition) is 3. The standard InChI is InChI=1S/C21H21F2N5O/c22-13-4-6-15(17(23)9-13)18-12-27-11-14(5-7-20(27)26-18)25-21(29)16-10-24-28-8-2-1-3-19(16)28/h4,6,9-10,12,14H,1-3,5,7-8,11H2,(H,25,29). The Kier molecular flexibility index (Phi) is 4.41. The Balaban J connectivity index is 1.32. The van der Waals surface area contributed by atoms with Crippen LogP contribution in [0.3, 0.4) is 0 Å². The number of aromatic nitrogens is 4. The van der Waals surface area contributed by atoms with Gasteiger partial charge in [0.2, 0.25) is 0 Å². The van der Waals surface area contributed by atoms with Crippen LogP contribution in [0.5, 0.6) is 0 Å². The lowest BCUT2D eigenvalue weighted by atomic mass is 10.0. The maximum absolute atomic E-state index is 14.1. The second-order valence-corrected chi connectivity index (χ2v) is 7.71. The molecule has 0 spiro atoms. The summed E-state index contributed by atoms with van der Waals surface area (Å²) in [6.07, 6.45) is 7.93. The maximum atomic E-state index is 14.1. The number of nitrogens with one attached hydrogen (secondary N) is 1. The van der Waals surface area contributed by atoms with Crippen LogP contribution < -0.4 is 5.32 Å². The van der Waals surface area contributed by atoms with Crippen LogP contribution in [0, 0.1) is 11.6 Å². The SMILES string of the molecule is O=C(NC1CCc2nc(-c3ccc(F)cc3F)cn2C1)c1cnn2c1CCCC2. The molecule has 4 heterocycles. The van der Waals surface area contributed by atoms with Gasteiger partial charge in [-0.05, 0) is 37.8 Å². The monoisotopic (exact) mass is 397 g/mol. The molecule has 150 valence electrons. The van der Waals surface area contributed by atoms with Crippen LogP contribution in [-0.4, -0.2) is 31.3 Å². The lowest BCUT2D eigenvalue weighted by Gasteiger charge is -2.25. The fourth-order valence-corrected chi connectivity index (χ4v) is 4.26. The number of hydrogen-bond donors (Lipinski definition) is 1. The number of imidazole rings is 1. The van der Waals surface area contributed by atoms with Gasteiger partial charge in [-0.25, -0.2) is 13.8 Å². The molecule has 1 N–H and O–H groups in total. The Morgan fingerprint density at radius 1 is 1.21 bits per heavy atom. The van der Waals surface area contributed by atoms with Crippen molar-refractivity contribution in [3.05, 3.63) is 59.3 Å². The first-order chi connectivity index (χ1) is 14.1. The highest BCUT2D eigenvalue weighted by atomic mass is 19.1. The van der Waals surface area contributed by atoms with Crippen molar-refractivity contribution in [2.75, 3.05) is 0 Å². The molecule has 2 aromatic heterocycles. The minimum absolute atomic E-state index is 0.0331. The highest BCUT2D eigenvalue weighted by molar-refractivity contribution is 5.95. The number of benzene rings is 1. The highest BCUT2D eigenvalue weighted by Gasteiger charge is 2.26. The van der Waals surface area contributed by atoms with Gasteiger partial charge in [0, 0.05) is 43.4 Å². The van der Waals surface area contributed by atoms with Gasteiger partial charge in [0.15, 0.2) is 0 Å². The summed E-state index contributed by atoms with van der Waals surface area (Å²) in [5.74, 6) is -0.486. The molecule has 2 aliphatic heterocycles. The molecule has 0 fully saturated rings. The lowest BCUT2D eigenvalue weighted by molar-refractivity contribution is 0.0926. The molecule has 8 heteroatoms. The summed E-state index contributed by atoms with van der Waals surface area (Å²) < 4.78 is 31.1. The van der Waals surface area contributed by atoms with Crippen molar-refractivity contribution < 1.29 is 13.6 Å². The average molecular weight is 397 g/mol. The van der Waals surface area contributed by atoms with Crippen molar-refractivity contribution in [2.45, 2.75) is 51.2 Å². The van der Waals surface area contributed by atoms with Gasteiger partial charge in [0.25, 0.3) is 5.91 Å². The van der Waals surface area contributed by atoms with E-state index in [-0.39, 0.29) is 17.5 Å². The number of carbonyl (C=O) groups excluding carboxylic acids is 1. The predicted octanol–water partition coefficient (Wildman–Crippen LogP) is 3.11. The normalized spacial score (nSPS) is 18.2. The Morgan fingerprint density at radius 3 is 2.97 bits per heavy atom. The predicted molar refractivity (Wildman–Crippen MR) is 102 cm³/mol. The van der Waals surface area contributed by atoms with E-state index in [0.717, 1.165) is 49.8 Å². The van der Waals surface area contributed by atoms with Gasteiger partial charge in [0.05, 0.1) is 23.1 Å². The third kappa shape index (κ3) is 3.32. The third-order valence-corrected chi connectivity index (χ3v) is 5.76. The summed E-state index contributed by atoms with van der Waals surface area (Å²) in [6.45, 7) is 1.44. The Bertz CT molecular complexity index is 1090. The number of aryl methyl sites for hydroxylation is 2. The van der Waals surface area contributed by atoms with Crippen LogP contribution >= 0.6 is 0 Å². The van der Waals surface area contributed by atoms with Gasteiger partial charge in [0.1, 0.15) is 17.5 Å². The number of nitrogens with zero attached hydrogens (tertiary/aromatic N) is 4. The smallest absolute Gasteiger partial charge is 0.255 e. The lowest BCUT2D eigenvalue weighted by Crippen LogP contribution is -2.41. The van der Waals surface area contributed by atoms with Crippen molar-refractivity contribution in [3.63, 3.8) is 0 Å². The van der Waals surface area contributed by atoms with Gasteiger partial charge in [-0.15, -0.1) is 0 Å². The van der Waals surface area contributed by atoms with E-state index < -0.39 is 11.6 Å². The van der Waals surface area contributed by atoms with E-state index in [0.29, 0.717) is 24.2 Å². The Hall–Kier alpha value is -3.03. The molecule has 1 amide bonds. The summed E-state index contributed by atoms with van der Waals surface area (Å²) in [4.78, 5) is 17.3. The first kappa shape index (κ1) is 18.0. The molecule has 0 aliphatic carbocycles. The van der Waals surface area contributed by atoms with Gasteiger partial charge in [-0.1, -0.05) is 0 Å². The minimum atomic E-state index is -0.628. The first-order valence-electron chi connectivity index (χ1n) is 9.95. The number of halogens is 2. The average Bonchev–Trinajstić information content (AvgIpc) is 3.31. The molecule has 1 aromatic carbocycles. The Labute approximate surface area is 166 Å². The van der Waals surface area contributed by atoms with E-state index in [4.69, 9.17) is 0 Å². The van der Waals surface area contributed by atoms with Crippen molar-refractivity contribution in [1.82, 2.24) is 24.6 Å². The molecule has 1 unspecified atom stereocenters. The van der Waals surface area contributed by atoms with Crippen molar-refractivity contribution >= 4 is 5.91 Å². The van der Waals surface area contributed by atoms with E-state index >= 15 is 0 Å². The van der Waals surface area contributed by atoms with E-state index in [1.54, 1.807) is 12.4 Å². The second kappa shape index (κ2) is 7.09. The maximum Gasteiger partial charge on any atom is 0.255 e. The van der Waals surface area contributed by atoms with E-state index in [9.17, 15) is 13.6 Å². The molecule has 6 nitrogen and oxygen atoms in total. The fourth-order valence-electron chi connectivity index (χ4n) is 4.26. The van der Waals surface area contributed by atoms with Gasteiger partial charge in [-0.2, -0.15) is 5.10 Å². The summed E-state index contributed by atoms with van der Waals surface area (Å²) in [7, 11) is 0. The fraction of sp³-hybridized carbons (Fsp3) is 0.381. The largest absolute Gasteiger partial charge is 0.347 e. The van der Waals surface area contributed by atoms with Crippen molar-refractivity contribution in [3.8, 4) is 11.3 Å². The molecule has 1 atom stereocenters. The second-order valence-electron chi connectivity index (χ2n) is 7.71. The van der Waals surface area contributed by atoms with Crippen LogP contribution in [0.4, 0.5) is 8.78 Å². The van der Waals surface area contributed by atoms with Gasteiger partial charge < -0.3 is 9.88 Å². The molecule has 29 heavy (non-hydrogen) atoms. The Morgan fingerprint density at radius 2 is 2.10 bits per heavy atom. The van der Waals surface area contributed by atoms with E-state index in [2.05, 4.69) is 15.4 Å². The highest BCUT2D eigenvalue weighted by Crippen LogP contribution is 2.26. The zero-order chi connectivity index (χ0) is 20.0. The first-order valence-corrected chi connectivity index (χ1v) is 9.95. The van der Waals surface area contributed by atoms with Gasteiger partial charge >= 0.3 is 0 Å². The summed E-state index contributed by atoms with van der Waals surface area (Å²) in [5, 5.41) is 7.45. The summed E-state index contributed by atoms with van der Waals surface area (Å²) in [5.41, 5.74) is 2.44. The quantitative estimate of drug-likeness (QED) is 0.739. The van der Waals surface area contributed by atoms with Crippen LogP contribution in [0.25, 0.3) is 11.3 Å². The topological polar surface area (TPSA) is 64.7 Å². The number of fused-ring (bicyclic) bond motifs is 2. The van der Waals surface area contributed by atoms with Crippen molar-refractivity contribution in [2.24, 2.45) is 0 Å². The molecular formula is C21H21F2N5O.